The summed E-state index contributed by atoms with van der Waals surface area (Å²) in [5, 5.41) is 0. The largest absolute Gasteiger partial charge is 0.372 e. The molecule has 0 rings (SSSR count). The van der Waals surface area contributed by atoms with E-state index in [1.807, 2.05) is 0 Å². The van der Waals surface area contributed by atoms with Gasteiger partial charge in [-0.2, -0.15) is 0 Å². The second-order valence-electron chi connectivity index (χ2n) is 9.83. The molecule has 0 aliphatic carbocycles. The van der Waals surface area contributed by atoms with E-state index >= 15 is 0 Å². The summed E-state index contributed by atoms with van der Waals surface area (Å²) in [5.74, 6) is 2.66. The highest BCUT2D eigenvalue weighted by Crippen LogP contribution is 2.22. The zero-order chi connectivity index (χ0) is 19.3. The van der Waals surface area contributed by atoms with Gasteiger partial charge in [-0.1, -0.05) is 84.3 Å². The summed E-state index contributed by atoms with van der Waals surface area (Å²) in [4.78, 5) is 0. The third-order valence-corrected chi connectivity index (χ3v) is 5.09. The van der Waals surface area contributed by atoms with Crippen LogP contribution in [-0.4, -0.2) is 12.2 Å². The highest BCUT2D eigenvalue weighted by Gasteiger charge is 2.09. The monoisotopic (exact) mass is 352 g/mol. The molecule has 0 saturated heterocycles. The van der Waals surface area contributed by atoms with Crippen molar-refractivity contribution in [2.75, 3.05) is 6.61 Å². The van der Waals surface area contributed by atoms with Crippen molar-refractivity contribution >= 4 is 0 Å². The Balaban J connectivity index is 3.66. The molecule has 0 spiro atoms. The topological polar surface area (TPSA) is 9.23 Å². The fourth-order valence-electron chi connectivity index (χ4n) is 3.24. The lowest BCUT2D eigenvalue weighted by Crippen LogP contribution is -2.19. The van der Waals surface area contributed by atoms with Crippen LogP contribution >= 0.6 is 0 Å². The summed E-state index contributed by atoms with van der Waals surface area (Å²) in [6.45, 7) is 18.9. The molecule has 0 aromatic rings. The van der Waals surface area contributed by atoms with Gasteiger partial charge in [0.05, 0.1) is 12.2 Å². The van der Waals surface area contributed by atoms with Crippen LogP contribution in [0.2, 0.25) is 0 Å². The normalized spacial score (nSPS) is 15.6. The molecule has 0 aliphatic rings. The number of ether oxygens (including phenoxy) is 1. The highest BCUT2D eigenvalue weighted by atomic mass is 16.5. The van der Waals surface area contributed by atoms with Crippen LogP contribution in [0.5, 0.6) is 0 Å². The van der Waals surface area contributed by atoms with Crippen molar-refractivity contribution in [2.45, 2.75) is 119 Å². The van der Waals surface area contributed by atoms with E-state index < -0.39 is 0 Å². The second kappa shape index (κ2) is 13.8. The summed E-state index contributed by atoms with van der Waals surface area (Å²) in [5.41, 5.74) is 1.45. The third-order valence-electron chi connectivity index (χ3n) is 5.09. The van der Waals surface area contributed by atoms with Crippen LogP contribution in [0.4, 0.5) is 0 Å². The third kappa shape index (κ3) is 18.3. The zero-order valence-corrected chi connectivity index (χ0v) is 18.8. The van der Waals surface area contributed by atoms with Crippen LogP contribution in [0.1, 0.15) is 113 Å². The highest BCUT2D eigenvalue weighted by molar-refractivity contribution is 4.98. The minimum absolute atomic E-state index is 0.0305. The lowest BCUT2D eigenvalue weighted by molar-refractivity contribution is 0.0147. The van der Waals surface area contributed by atoms with Gasteiger partial charge in [0.1, 0.15) is 0 Å². The van der Waals surface area contributed by atoms with E-state index in [0.29, 0.717) is 0 Å². The Bertz CT molecular complexity index is 334. The number of rotatable bonds is 14. The van der Waals surface area contributed by atoms with Gasteiger partial charge >= 0.3 is 0 Å². The van der Waals surface area contributed by atoms with E-state index in [-0.39, 0.29) is 5.60 Å². The first-order chi connectivity index (χ1) is 11.6. The Labute approximate surface area is 160 Å². The summed E-state index contributed by atoms with van der Waals surface area (Å²) in [6.07, 6.45) is 14.7. The van der Waals surface area contributed by atoms with E-state index in [9.17, 15) is 0 Å². The minimum atomic E-state index is -0.0305. The molecule has 0 aliphatic heterocycles. The van der Waals surface area contributed by atoms with Gasteiger partial charge in [0.25, 0.3) is 0 Å². The molecule has 0 bridgehead atoms. The predicted molar refractivity (Wildman–Crippen MR) is 114 cm³/mol. The van der Waals surface area contributed by atoms with Crippen molar-refractivity contribution in [2.24, 2.45) is 17.8 Å². The van der Waals surface area contributed by atoms with E-state index in [0.717, 1.165) is 24.4 Å². The molecule has 1 heteroatoms. The number of hydrogen-bond donors (Lipinski definition) is 0. The zero-order valence-electron chi connectivity index (χ0n) is 18.8. The molecule has 0 N–H and O–H groups in total. The molecule has 0 aromatic heterocycles. The summed E-state index contributed by atoms with van der Waals surface area (Å²) in [6, 6.07) is 0. The first-order valence-electron chi connectivity index (χ1n) is 10.9. The standard InChI is InChI=1S/C24H48O/c1-20(2)12-9-13-21(3)14-10-15-22(4)16-11-17-23(5)18-19-25-24(6,7)8/h18,20-22H,9-17,19H2,1-8H3. The molecule has 150 valence electrons. The molecule has 0 amide bonds. The van der Waals surface area contributed by atoms with E-state index in [1.165, 1.54) is 63.4 Å². The maximum absolute atomic E-state index is 5.77. The molecule has 2 unspecified atom stereocenters. The fourth-order valence-corrected chi connectivity index (χ4v) is 3.24. The van der Waals surface area contributed by atoms with Crippen LogP contribution in [0, 0.1) is 17.8 Å². The van der Waals surface area contributed by atoms with Gasteiger partial charge < -0.3 is 4.74 Å². The van der Waals surface area contributed by atoms with Crippen LogP contribution in [-0.2, 0) is 4.74 Å². The first kappa shape index (κ1) is 24.7. The van der Waals surface area contributed by atoms with E-state index in [4.69, 9.17) is 4.74 Å². The molecule has 0 heterocycles. The van der Waals surface area contributed by atoms with Gasteiger partial charge in [-0.25, -0.2) is 0 Å². The lowest BCUT2D eigenvalue weighted by Gasteiger charge is -2.18. The second-order valence-corrected chi connectivity index (χ2v) is 9.83. The average Bonchev–Trinajstić information content (AvgIpc) is 2.45. The van der Waals surface area contributed by atoms with E-state index in [2.05, 4.69) is 61.5 Å². The molecular weight excluding hydrogens is 304 g/mol. The maximum Gasteiger partial charge on any atom is 0.0657 e. The van der Waals surface area contributed by atoms with Gasteiger partial charge in [-0.05, 0) is 58.3 Å². The first-order valence-corrected chi connectivity index (χ1v) is 10.9. The summed E-state index contributed by atoms with van der Waals surface area (Å²) < 4.78 is 5.77. The molecular formula is C24H48O. The van der Waals surface area contributed by atoms with Crippen LogP contribution in [0.15, 0.2) is 11.6 Å². The Morgan fingerprint density at radius 1 is 0.800 bits per heavy atom. The summed E-state index contributed by atoms with van der Waals surface area (Å²) >= 11 is 0. The molecule has 0 saturated carbocycles. The minimum Gasteiger partial charge on any atom is -0.372 e. The molecule has 1 nitrogen and oxygen atoms in total. The van der Waals surface area contributed by atoms with Crippen molar-refractivity contribution < 1.29 is 4.74 Å². The van der Waals surface area contributed by atoms with Crippen molar-refractivity contribution in [1.29, 1.82) is 0 Å². The molecule has 0 fully saturated rings. The van der Waals surface area contributed by atoms with Crippen molar-refractivity contribution in [3.05, 3.63) is 11.6 Å². The summed E-state index contributed by atoms with van der Waals surface area (Å²) in [7, 11) is 0. The van der Waals surface area contributed by atoms with Gasteiger partial charge in [0.15, 0.2) is 0 Å². The Kier molecular flexibility index (Phi) is 13.7. The SMILES string of the molecule is CC(=CCOC(C)(C)C)CCCC(C)CCCC(C)CCCC(C)C. The van der Waals surface area contributed by atoms with Gasteiger partial charge in [0, 0.05) is 0 Å². The van der Waals surface area contributed by atoms with Crippen molar-refractivity contribution in [1.82, 2.24) is 0 Å². The van der Waals surface area contributed by atoms with Crippen LogP contribution in [0.25, 0.3) is 0 Å². The van der Waals surface area contributed by atoms with Crippen molar-refractivity contribution in [3.63, 3.8) is 0 Å². The van der Waals surface area contributed by atoms with Crippen molar-refractivity contribution in [3.8, 4) is 0 Å². The Morgan fingerprint density at radius 2 is 1.28 bits per heavy atom. The Morgan fingerprint density at radius 3 is 1.76 bits per heavy atom. The molecule has 25 heavy (non-hydrogen) atoms. The maximum atomic E-state index is 5.77. The fraction of sp³-hybridized carbons (Fsp3) is 0.917. The average molecular weight is 353 g/mol. The Hall–Kier alpha value is -0.300. The van der Waals surface area contributed by atoms with Gasteiger partial charge in [-0.3, -0.25) is 0 Å². The number of hydrogen-bond acceptors (Lipinski definition) is 1. The lowest BCUT2D eigenvalue weighted by atomic mass is 9.91. The van der Waals surface area contributed by atoms with Crippen LogP contribution in [0.3, 0.4) is 0 Å². The smallest absolute Gasteiger partial charge is 0.0657 e. The van der Waals surface area contributed by atoms with Gasteiger partial charge in [-0.15, -0.1) is 0 Å². The quantitative estimate of drug-likeness (QED) is 0.286. The van der Waals surface area contributed by atoms with E-state index in [1.54, 1.807) is 0 Å². The predicted octanol–water partition coefficient (Wildman–Crippen LogP) is 8.19. The molecule has 0 radical (unpaired) electrons. The molecule has 0 aromatic carbocycles. The number of allylic oxidation sites excluding steroid dienone is 1. The van der Waals surface area contributed by atoms with Crippen LogP contribution < -0.4 is 0 Å². The molecule has 2 atom stereocenters. The van der Waals surface area contributed by atoms with Gasteiger partial charge in [0.2, 0.25) is 0 Å².